The lowest BCUT2D eigenvalue weighted by Gasteiger charge is -2.15. The quantitative estimate of drug-likeness (QED) is 0.227. The lowest BCUT2D eigenvalue weighted by molar-refractivity contribution is -0.145. The Hall–Kier alpha value is -2.72. The number of ether oxygens (including phenoxy) is 2. The average Bonchev–Trinajstić information content (AvgIpc) is 3.20. The molecular formula is C25H33F3N4O2Si. The monoisotopic (exact) mass is 506 g/mol. The minimum atomic E-state index is -4.64. The van der Waals surface area contributed by atoms with Crippen LogP contribution in [0.15, 0.2) is 36.5 Å². The maximum Gasteiger partial charge on any atom is 0.453 e. The molecule has 0 N–H and O–H groups in total. The fourth-order valence-electron chi connectivity index (χ4n) is 3.26. The van der Waals surface area contributed by atoms with Crippen molar-refractivity contribution in [1.29, 1.82) is 0 Å². The van der Waals surface area contributed by atoms with Crippen molar-refractivity contribution in [1.82, 2.24) is 19.7 Å². The van der Waals surface area contributed by atoms with E-state index in [0.717, 1.165) is 22.7 Å². The van der Waals surface area contributed by atoms with Gasteiger partial charge in [-0.2, -0.15) is 13.2 Å². The van der Waals surface area contributed by atoms with E-state index in [-0.39, 0.29) is 12.6 Å². The molecule has 0 fully saturated rings. The van der Waals surface area contributed by atoms with E-state index in [1.165, 1.54) is 4.68 Å². The Kier molecular flexibility index (Phi) is 8.37. The summed E-state index contributed by atoms with van der Waals surface area (Å²) in [5, 5.41) is 3.67. The molecular weight excluding hydrogens is 473 g/mol. The summed E-state index contributed by atoms with van der Waals surface area (Å²) in [6, 6.07) is 9.95. The molecule has 0 aliphatic carbocycles. The van der Waals surface area contributed by atoms with Crippen LogP contribution < -0.4 is 4.74 Å². The molecule has 190 valence electrons. The van der Waals surface area contributed by atoms with Crippen LogP contribution >= 0.6 is 0 Å². The van der Waals surface area contributed by atoms with E-state index in [2.05, 4.69) is 48.6 Å². The summed E-state index contributed by atoms with van der Waals surface area (Å²) >= 11 is 0. The molecule has 0 saturated carbocycles. The third-order valence-corrected chi connectivity index (χ3v) is 6.94. The molecule has 0 aliphatic heterocycles. The molecule has 0 atom stereocenters. The first-order valence-corrected chi connectivity index (χ1v) is 15.3. The van der Waals surface area contributed by atoms with Gasteiger partial charge in [0, 0.05) is 38.1 Å². The summed E-state index contributed by atoms with van der Waals surface area (Å²) in [5.41, 5.74) is 3.32. The standard InChI is InChI=1S/C25H33F3N4O2Si/c1-17(2)15-34-22-13-18(3)21(14-29-22)19-7-9-20(10-8-19)23-30-24(25(26,27)28)31-32(23)16-33-11-12-35(4,5)6/h7-10,13-14,17H,11-12,15-16H2,1-6H3. The van der Waals surface area contributed by atoms with Crippen molar-refractivity contribution < 1.29 is 22.6 Å². The van der Waals surface area contributed by atoms with E-state index >= 15 is 0 Å². The summed E-state index contributed by atoms with van der Waals surface area (Å²) in [6.45, 7) is 13.7. The van der Waals surface area contributed by atoms with Crippen LogP contribution in [0.3, 0.4) is 0 Å². The topological polar surface area (TPSA) is 62.1 Å². The highest BCUT2D eigenvalue weighted by molar-refractivity contribution is 6.76. The number of alkyl halides is 3. The summed E-state index contributed by atoms with van der Waals surface area (Å²) in [7, 11) is -1.32. The Balaban J connectivity index is 1.82. The Labute approximate surface area is 205 Å². The van der Waals surface area contributed by atoms with Crippen molar-refractivity contribution in [3.8, 4) is 28.4 Å². The fraction of sp³-hybridized carbons (Fsp3) is 0.480. The van der Waals surface area contributed by atoms with Crippen LogP contribution in [0.1, 0.15) is 25.2 Å². The van der Waals surface area contributed by atoms with Crippen LogP contribution in [0, 0.1) is 12.8 Å². The molecule has 10 heteroatoms. The minimum absolute atomic E-state index is 0.0918. The number of benzene rings is 1. The summed E-state index contributed by atoms with van der Waals surface area (Å²) in [6.07, 6.45) is -2.89. The highest BCUT2D eigenvalue weighted by Gasteiger charge is 2.37. The number of hydrogen-bond acceptors (Lipinski definition) is 5. The van der Waals surface area contributed by atoms with Crippen molar-refractivity contribution in [2.75, 3.05) is 13.2 Å². The summed E-state index contributed by atoms with van der Waals surface area (Å²) < 4.78 is 52.4. The Morgan fingerprint density at radius 2 is 1.71 bits per heavy atom. The zero-order chi connectivity index (χ0) is 25.8. The van der Waals surface area contributed by atoms with Crippen LogP contribution in [0.2, 0.25) is 25.7 Å². The van der Waals surface area contributed by atoms with Gasteiger partial charge in [0.15, 0.2) is 5.82 Å². The zero-order valence-electron chi connectivity index (χ0n) is 21.1. The summed E-state index contributed by atoms with van der Waals surface area (Å²) in [4.78, 5) is 8.16. The lowest BCUT2D eigenvalue weighted by atomic mass is 10.0. The van der Waals surface area contributed by atoms with Crippen LogP contribution in [-0.4, -0.2) is 41.0 Å². The molecule has 0 spiro atoms. The molecule has 0 bridgehead atoms. The number of pyridine rings is 1. The molecule has 2 heterocycles. The number of rotatable bonds is 10. The molecule has 0 amide bonds. The highest BCUT2D eigenvalue weighted by Crippen LogP contribution is 2.31. The third kappa shape index (κ3) is 7.63. The average molecular weight is 507 g/mol. The molecule has 1 aromatic carbocycles. The van der Waals surface area contributed by atoms with Gasteiger partial charge in [-0.25, -0.2) is 14.6 Å². The second kappa shape index (κ2) is 10.9. The SMILES string of the molecule is Cc1cc(OCC(C)C)ncc1-c1ccc(-c2nc(C(F)(F)F)nn2COCC[Si](C)(C)C)cc1. The van der Waals surface area contributed by atoms with Crippen molar-refractivity contribution in [2.24, 2.45) is 5.92 Å². The van der Waals surface area contributed by atoms with Gasteiger partial charge >= 0.3 is 6.18 Å². The maximum absolute atomic E-state index is 13.3. The van der Waals surface area contributed by atoms with Crippen molar-refractivity contribution in [2.45, 2.75) is 59.4 Å². The molecule has 6 nitrogen and oxygen atoms in total. The van der Waals surface area contributed by atoms with Gasteiger partial charge in [-0.3, -0.25) is 0 Å². The van der Waals surface area contributed by atoms with E-state index < -0.39 is 20.1 Å². The van der Waals surface area contributed by atoms with Gasteiger partial charge in [0.25, 0.3) is 5.82 Å². The molecule has 0 radical (unpaired) electrons. The Bertz CT molecular complexity index is 1120. The van der Waals surface area contributed by atoms with Crippen LogP contribution in [-0.2, 0) is 17.6 Å². The largest absolute Gasteiger partial charge is 0.477 e. The van der Waals surface area contributed by atoms with E-state index in [1.54, 1.807) is 18.3 Å². The van der Waals surface area contributed by atoms with Crippen molar-refractivity contribution in [3.05, 3.63) is 47.9 Å². The predicted octanol–water partition coefficient (Wildman–Crippen LogP) is 6.68. The van der Waals surface area contributed by atoms with Crippen molar-refractivity contribution in [3.63, 3.8) is 0 Å². The number of aromatic nitrogens is 4. The predicted molar refractivity (Wildman–Crippen MR) is 133 cm³/mol. The van der Waals surface area contributed by atoms with Crippen LogP contribution in [0.25, 0.3) is 22.5 Å². The van der Waals surface area contributed by atoms with E-state index in [1.807, 2.05) is 25.1 Å². The minimum Gasteiger partial charge on any atom is -0.477 e. The van der Waals surface area contributed by atoms with Gasteiger partial charge in [0.1, 0.15) is 6.73 Å². The van der Waals surface area contributed by atoms with Crippen molar-refractivity contribution >= 4 is 8.07 Å². The first kappa shape index (κ1) is 26.9. The summed E-state index contributed by atoms with van der Waals surface area (Å²) in [5.74, 6) is -0.0972. The smallest absolute Gasteiger partial charge is 0.453 e. The van der Waals surface area contributed by atoms with E-state index in [9.17, 15) is 13.2 Å². The normalized spacial score (nSPS) is 12.4. The van der Waals surface area contributed by atoms with E-state index in [0.29, 0.717) is 30.6 Å². The third-order valence-electron chi connectivity index (χ3n) is 5.24. The van der Waals surface area contributed by atoms with Crippen LogP contribution in [0.4, 0.5) is 13.2 Å². The Morgan fingerprint density at radius 1 is 1.06 bits per heavy atom. The maximum atomic E-state index is 13.3. The molecule has 35 heavy (non-hydrogen) atoms. The van der Waals surface area contributed by atoms with Gasteiger partial charge in [-0.1, -0.05) is 57.8 Å². The van der Waals surface area contributed by atoms with Gasteiger partial charge in [-0.15, -0.1) is 5.10 Å². The molecule has 0 aliphatic rings. The van der Waals surface area contributed by atoms with Gasteiger partial charge in [0.2, 0.25) is 5.88 Å². The van der Waals surface area contributed by atoms with Gasteiger partial charge in [-0.05, 0) is 30.0 Å². The van der Waals surface area contributed by atoms with E-state index in [4.69, 9.17) is 9.47 Å². The second-order valence-corrected chi connectivity index (χ2v) is 15.8. The second-order valence-electron chi connectivity index (χ2n) is 10.2. The molecule has 2 aromatic heterocycles. The first-order valence-electron chi connectivity index (χ1n) is 11.6. The number of aryl methyl sites for hydroxylation is 1. The fourth-order valence-corrected chi connectivity index (χ4v) is 4.01. The molecule has 0 saturated heterocycles. The Morgan fingerprint density at radius 3 is 2.29 bits per heavy atom. The van der Waals surface area contributed by atoms with Crippen LogP contribution in [0.5, 0.6) is 5.88 Å². The number of nitrogens with zero attached hydrogens (tertiary/aromatic N) is 4. The lowest BCUT2D eigenvalue weighted by Crippen LogP contribution is -2.22. The van der Waals surface area contributed by atoms with Gasteiger partial charge < -0.3 is 9.47 Å². The number of halogens is 3. The zero-order valence-corrected chi connectivity index (χ0v) is 22.1. The molecule has 3 aromatic rings. The number of hydrogen-bond donors (Lipinski definition) is 0. The first-order chi connectivity index (χ1) is 16.3. The van der Waals surface area contributed by atoms with Gasteiger partial charge in [0.05, 0.1) is 6.61 Å². The molecule has 0 unspecified atom stereocenters. The molecule has 3 rings (SSSR count). The highest BCUT2D eigenvalue weighted by atomic mass is 28.3.